The number of nitrogens with one attached hydrogen (secondary N) is 1. The lowest BCUT2D eigenvalue weighted by Crippen LogP contribution is -2.34. The molecule has 23 heavy (non-hydrogen) atoms. The number of nitrogens with zero attached hydrogens (tertiary/aromatic N) is 1. The van der Waals surface area contributed by atoms with Crippen molar-refractivity contribution < 1.29 is 22.4 Å². The van der Waals surface area contributed by atoms with Crippen LogP contribution in [0.5, 0.6) is 0 Å². The summed E-state index contributed by atoms with van der Waals surface area (Å²) in [6.45, 7) is 5.85. The van der Waals surface area contributed by atoms with Gasteiger partial charge in [0.1, 0.15) is 22.0 Å². The van der Waals surface area contributed by atoms with Gasteiger partial charge in [0.15, 0.2) is 0 Å². The van der Waals surface area contributed by atoms with Crippen molar-refractivity contribution in [2.45, 2.75) is 31.6 Å². The predicted molar refractivity (Wildman–Crippen MR) is 82.8 cm³/mol. The number of carbonyl (C=O) groups excluding carboxylic acids is 1. The summed E-state index contributed by atoms with van der Waals surface area (Å²) < 4.78 is 37.8. The lowest BCUT2D eigenvalue weighted by molar-refractivity contribution is 0.0594. The van der Waals surface area contributed by atoms with Gasteiger partial charge in [0.25, 0.3) is 0 Å². The first-order valence-corrected chi connectivity index (χ1v) is 9.14. The summed E-state index contributed by atoms with van der Waals surface area (Å²) in [7, 11) is -2.56. The normalized spacial score (nSPS) is 25.3. The fraction of sp³-hybridized carbons (Fsp3) is 0.667. The summed E-state index contributed by atoms with van der Waals surface area (Å²) in [6.07, 6.45) is 1.81. The van der Waals surface area contributed by atoms with Crippen molar-refractivity contribution in [3.63, 3.8) is 0 Å². The molecule has 0 aromatic carbocycles. The second-order valence-electron chi connectivity index (χ2n) is 6.43. The number of sulfonamides is 1. The third-order valence-electron chi connectivity index (χ3n) is 4.93. The Morgan fingerprint density at radius 3 is 2.65 bits per heavy atom. The molecule has 3 rings (SSSR count). The molecule has 2 fully saturated rings. The predicted octanol–water partition coefficient (Wildman–Crippen LogP) is 1.06. The summed E-state index contributed by atoms with van der Waals surface area (Å²) in [5.41, 5.74) is 0.0288. The molecule has 3 heterocycles. The first kappa shape index (κ1) is 16.5. The quantitative estimate of drug-likeness (QED) is 0.826. The van der Waals surface area contributed by atoms with Gasteiger partial charge >= 0.3 is 5.97 Å². The van der Waals surface area contributed by atoms with Crippen LogP contribution in [0.15, 0.2) is 9.31 Å². The Labute approximate surface area is 136 Å². The number of ether oxygens (including phenoxy) is 1. The number of hydrogen-bond acceptors (Lipinski definition) is 6. The minimum Gasteiger partial charge on any atom is -0.465 e. The minimum atomic E-state index is -3.79. The fourth-order valence-corrected chi connectivity index (χ4v) is 5.61. The molecule has 1 aromatic rings. The molecule has 1 spiro atoms. The Morgan fingerprint density at radius 2 is 2.04 bits per heavy atom. The highest BCUT2D eigenvalue weighted by Gasteiger charge is 2.46. The number of aryl methyl sites for hydroxylation is 2. The van der Waals surface area contributed by atoms with Crippen LogP contribution in [0.2, 0.25) is 0 Å². The van der Waals surface area contributed by atoms with E-state index in [0.29, 0.717) is 13.1 Å². The van der Waals surface area contributed by atoms with Crippen molar-refractivity contribution in [1.29, 1.82) is 0 Å². The minimum absolute atomic E-state index is 0.00972. The van der Waals surface area contributed by atoms with Gasteiger partial charge in [-0.1, -0.05) is 0 Å². The lowest BCUT2D eigenvalue weighted by Gasteiger charge is -2.22. The highest BCUT2D eigenvalue weighted by molar-refractivity contribution is 7.89. The second-order valence-corrected chi connectivity index (χ2v) is 8.30. The molecular weight excluding hydrogens is 320 g/mol. The van der Waals surface area contributed by atoms with Crippen molar-refractivity contribution in [1.82, 2.24) is 9.62 Å². The van der Waals surface area contributed by atoms with E-state index in [1.165, 1.54) is 11.4 Å². The van der Waals surface area contributed by atoms with E-state index in [4.69, 9.17) is 9.15 Å². The van der Waals surface area contributed by atoms with Gasteiger partial charge in [-0.05, 0) is 38.6 Å². The Bertz CT molecular complexity index is 731. The number of furan rings is 1. The van der Waals surface area contributed by atoms with Gasteiger partial charge in [-0.2, -0.15) is 4.31 Å². The zero-order valence-corrected chi connectivity index (χ0v) is 14.5. The highest BCUT2D eigenvalue weighted by atomic mass is 32.2. The Hall–Kier alpha value is -1.38. The van der Waals surface area contributed by atoms with E-state index in [-0.39, 0.29) is 27.4 Å². The number of hydrogen-bond donors (Lipinski definition) is 1. The summed E-state index contributed by atoms with van der Waals surface area (Å²) in [4.78, 5) is 12.0. The van der Waals surface area contributed by atoms with Crippen LogP contribution in [-0.2, 0) is 14.8 Å². The van der Waals surface area contributed by atoms with Crippen LogP contribution in [0.4, 0.5) is 0 Å². The van der Waals surface area contributed by atoms with Gasteiger partial charge in [0.05, 0.1) is 7.11 Å². The zero-order valence-electron chi connectivity index (χ0n) is 13.6. The van der Waals surface area contributed by atoms with Gasteiger partial charge in [-0.25, -0.2) is 13.2 Å². The van der Waals surface area contributed by atoms with Gasteiger partial charge in [0, 0.05) is 19.6 Å². The Morgan fingerprint density at radius 1 is 1.30 bits per heavy atom. The molecule has 0 saturated carbocycles. The first-order valence-electron chi connectivity index (χ1n) is 7.70. The van der Waals surface area contributed by atoms with Crippen molar-refractivity contribution in [2.24, 2.45) is 5.41 Å². The highest BCUT2D eigenvalue weighted by Crippen LogP contribution is 2.40. The number of esters is 1. The fourth-order valence-electron chi connectivity index (χ4n) is 3.68. The molecule has 0 aliphatic carbocycles. The van der Waals surface area contributed by atoms with E-state index in [1.807, 2.05) is 0 Å². The van der Waals surface area contributed by atoms with E-state index in [1.54, 1.807) is 13.8 Å². The molecule has 1 N–H and O–H groups in total. The number of carbonyl (C=O) groups is 1. The van der Waals surface area contributed by atoms with Crippen molar-refractivity contribution >= 4 is 16.0 Å². The van der Waals surface area contributed by atoms with Crippen molar-refractivity contribution in [3.8, 4) is 0 Å². The molecule has 7 nitrogen and oxygen atoms in total. The van der Waals surface area contributed by atoms with Gasteiger partial charge in [0.2, 0.25) is 10.0 Å². The monoisotopic (exact) mass is 342 g/mol. The molecule has 0 amide bonds. The molecule has 1 aromatic heterocycles. The average molecular weight is 342 g/mol. The van der Waals surface area contributed by atoms with E-state index in [9.17, 15) is 13.2 Å². The lowest BCUT2D eigenvalue weighted by atomic mass is 9.87. The molecule has 0 radical (unpaired) electrons. The van der Waals surface area contributed by atoms with Crippen molar-refractivity contribution in [2.75, 3.05) is 33.3 Å². The SMILES string of the molecule is COC(=O)c1c(C)oc(C)c1S(=O)(=O)N1CCC2(CCNC2)C1. The number of methoxy groups -OCH3 is 1. The molecule has 1 atom stereocenters. The maximum Gasteiger partial charge on any atom is 0.342 e. The maximum absolute atomic E-state index is 13.1. The Kier molecular flexibility index (Phi) is 4.02. The van der Waals surface area contributed by atoms with Crippen molar-refractivity contribution in [3.05, 3.63) is 17.1 Å². The summed E-state index contributed by atoms with van der Waals surface area (Å²) >= 11 is 0. The molecule has 0 bridgehead atoms. The number of rotatable bonds is 3. The molecule has 2 aliphatic rings. The smallest absolute Gasteiger partial charge is 0.342 e. The molecule has 128 valence electrons. The zero-order chi connectivity index (χ0) is 16.8. The second kappa shape index (κ2) is 5.61. The summed E-state index contributed by atoms with van der Waals surface area (Å²) in [5.74, 6) is -0.188. The largest absolute Gasteiger partial charge is 0.465 e. The molecule has 1 unspecified atom stereocenters. The molecule has 8 heteroatoms. The van der Waals surface area contributed by atoms with E-state index < -0.39 is 16.0 Å². The van der Waals surface area contributed by atoms with Crippen LogP contribution < -0.4 is 5.32 Å². The van der Waals surface area contributed by atoms with Crippen LogP contribution in [0.3, 0.4) is 0 Å². The van der Waals surface area contributed by atoms with E-state index >= 15 is 0 Å². The third kappa shape index (κ3) is 2.58. The average Bonchev–Trinajstić information content (AvgIpc) is 3.20. The van der Waals surface area contributed by atoms with Gasteiger partial charge < -0.3 is 14.5 Å². The Balaban J connectivity index is 1.99. The van der Waals surface area contributed by atoms with Gasteiger partial charge in [-0.15, -0.1) is 0 Å². The van der Waals surface area contributed by atoms with Gasteiger partial charge in [-0.3, -0.25) is 0 Å². The molecular formula is C15H22N2O5S. The van der Waals surface area contributed by atoms with Crippen LogP contribution in [0.1, 0.15) is 34.7 Å². The van der Waals surface area contributed by atoms with Crippen LogP contribution in [0.25, 0.3) is 0 Å². The summed E-state index contributed by atoms with van der Waals surface area (Å²) in [6, 6.07) is 0. The van der Waals surface area contributed by atoms with Crippen LogP contribution in [0, 0.1) is 19.3 Å². The first-order chi connectivity index (χ1) is 10.8. The van der Waals surface area contributed by atoms with E-state index in [2.05, 4.69) is 5.32 Å². The van der Waals surface area contributed by atoms with Crippen LogP contribution >= 0.6 is 0 Å². The third-order valence-corrected chi connectivity index (χ3v) is 6.93. The van der Waals surface area contributed by atoms with Crippen LogP contribution in [-0.4, -0.2) is 52.0 Å². The molecule has 2 saturated heterocycles. The maximum atomic E-state index is 13.1. The summed E-state index contributed by atoms with van der Waals surface area (Å²) in [5, 5.41) is 3.31. The van der Waals surface area contributed by atoms with E-state index in [0.717, 1.165) is 25.9 Å². The standard InChI is InChI=1S/C15H22N2O5S/c1-10-12(14(18)21-3)13(11(2)22-10)23(19,20)17-7-5-15(9-17)4-6-16-8-15/h16H,4-9H2,1-3H3. The molecule has 2 aliphatic heterocycles. The topological polar surface area (TPSA) is 88.8 Å².